The molecule has 0 fully saturated rings. The predicted molar refractivity (Wildman–Crippen MR) is 71.2 cm³/mol. The molecule has 0 saturated carbocycles. The van der Waals surface area contributed by atoms with E-state index < -0.39 is 17.2 Å². The number of rotatable bonds is 3. The number of benzene rings is 1. The van der Waals surface area contributed by atoms with E-state index in [1.807, 2.05) is 0 Å². The number of methoxy groups -OCH3 is 2. The van der Waals surface area contributed by atoms with Gasteiger partial charge in [-0.25, -0.2) is 0 Å². The van der Waals surface area contributed by atoms with Crippen molar-refractivity contribution in [2.24, 2.45) is 0 Å². The van der Waals surface area contributed by atoms with Gasteiger partial charge in [-0.15, -0.1) is 0 Å². The summed E-state index contributed by atoms with van der Waals surface area (Å²) < 4.78 is 10.4. The molecule has 1 amide bonds. The van der Waals surface area contributed by atoms with Crippen LogP contribution in [0.3, 0.4) is 0 Å². The quantitative estimate of drug-likeness (QED) is 0.668. The van der Waals surface area contributed by atoms with Gasteiger partial charge in [0.2, 0.25) is 0 Å². The van der Waals surface area contributed by atoms with Gasteiger partial charge < -0.3 is 19.7 Å². The lowest BCUT2D eigenvalue weighted by molar-refractivity contribution is -0.124. The van der Waals surface area contributed by atoms with Gasteiger partial charge in [0.05, 0.1) is 25.6 Å². The van der Waals surface area contributed by atoms with Crippen LogP contribution in [-0.2, 0) is 9.59 Å². The summed E-state index contributed by atoms with van der Waals surface area (Å²) in [5, 5.41) is 2.04. The molecule has 1 heterocycles. The normalized spacial score (nSPS) is 17.6. The minimum atomic E-state index is -1.09. The average Bonchev–Trinajstić information content (AvgIpc) is 2.41. The molecule has 6 nitrogen and oxygen atoms in total. The molecule has 0 bridgehead atoms. The number of ether oxygens (including phenoxy) is 2. The van der Waals surface area contributed by atoms with Crippen molar-refractivity contribution in [2.45, 2.75) is 6.04 Å². The molecule has 2 rings (SSSR count). The summed E-state index contributed by atoms with van der Waals surface area (Å²) >= 11 is 5.41. The lowest BCUT2D eigenvalue weighted by Gasteiger charge is -2.31. The topological polar surface area (TPSA) is 67.9 Å². The minimum Gasteiger partial charge on any atom is -0.493 e. The molecule has 7 heteroatoms. The molecule has 1 aromatic rings. The molecule has 0 spiro atoms. The van der Waals surface area contributed by atoms with E-state index in [4.69, 9.17) is 21.1 Å². The number of amides is 1. The van der Waals surface area contributed by atoms with E-state index >= 15 is 0 Å². The Bertz CT molecular complexity index is 547. The highest BCUT2D eigenvalue weighted by Crippen LogP contribution is 2.40. The van der Waals surface area contributed by atoms with Crippen molar-refractivity contribution in [1.29, 1.82) is 0 Å². The molecule has 1 aliphatic heterocycles. The van der Waals surface area contributed by atoms with E-state index in [1.165, 1.54) is 19.1 Å². The number of likely N-dealkylation sites (N-methyl/N-ethyl adjacent to an activating group) is 1. The van der Waals surface area contributed by atoms with Gasteiger partial charge in [-0.05, 0) is 11.6 Å². The van der Waals surface area contributed by atoms with Crippen LogP contribution >= 0.6 is 11.6 Å². The molecule has 0 aliphatic carbocycles. The molecule has 0 radical (unpaired) electrons. The molecule has 1 aliphatic rings. The largest absolute Gasteiger partial charge is 0.493 e. The van der Waals surface area contributed by atoms with Gasteiger partial charge in [0.25, 0.3) is 11.1 Å². The van der Waals surface area contributed by atoms with Crippen molar-refractivity contribution in [1.82, 2.24) is 0 Å². The van der Waals surface area contributed by atoms with Crippen LogP contribution in [0.15, 0.2) is 12.1 Å². The lowest BCUT2D eigenvalue weighted by Crippen LogP contribution is -2.48. The fraction of sp³-hybridized carbons (Fsp3) is 0.333. The Kier molecular flexibility index (Phi) is 3.53. The van der Waals surface area contributed by atoms with Crippen molar-refractivity contribution in [3.63, 3.8) is 0 Å². The van der Waals surface area contributed by atoms with Crippen LogP contribution in [0.25, 0.3) is 0 Å². The smallest absolute Gasteiger partial charge is 0.258 e. The summed E-state index contributed by atoms with van der Waals surface area (Å²) in [6.07, 6.45) is 0. The van der Waals surface area contributed by atoms with E-state index in [2.05, 4.69) is 5.32 Å². The first-order valence-electron chi connectivity index (χ1n) is 5.49. The Morgan fingerprint density at radius 1 is 1.32 bits per heavy atom. The van der Waals surface area contributed by atoms with Gasteiger partial charge in [-0.2, -0.15) is 0 Å². The SMILES string of the molecule is COc1cc2c(cc1OC)N(C)C(=O)C(C(=O)Cl)N2. The lowest BCUT2D eigenvalue weighted by atomic mass is 10.1. The summed E-state index contributed by atoms with van der Waals surface area (Å²) in [4.78, 5) is 24.6. The van der Waals surface area contributed by atoms with Gasteiger partial charge in [0.1, 0.15) is 0 Å². The number of fused-ring (bicyclic) bond motifs is 1. The molecule has 1 N–H and O–H groups in total. The van der Waals surface area contributed by atoms with E-state index in [1.54, 1.807) is 19.2 Å². The zero-order chi connectivity index (χ0) is 14.2. The summed E-state index contributed by atoms with van der Waals surface area (Å²) in [7, 11) is 4.58. The number of halogens is 1. The summed E-state index contributed by atoms with van der Waals surface area (Å²) in [5.74, 6) is 0.579. The maximum atomic E-state index is 12.0. The third-order valence-electron chi connectivity index (χ3n) is 2.97. The Balaban J connectivity index is 2.53. The summed E-state index contributed by atoms with van der Waals surface area (Å²) in [5.41, 5.74) is 1.18. The van der Waals surface area contributed by atoms with Crippen molar-refractivity contribution in [3.05, 3.63) is 12.1 Å². The number of hydrogen-bond donors (Lipinski definition) is 1. The minimum absolute atomic E-state index is 0.417. The van der Waals surface area contributed by atoms with Gasteiger partial charge in [-0.3, -0.25) is 9.59 Å². The molecular weight excluding hydrogens is 272 g/mol. The number of hydrogen-bond acceptors (Lipinski definition) is 5. The highest BCUT2D eigenvalue weighted by molar-refractivity contribution is 6.67. The van der Waals surface area contributed by atoms with Crippen molar-refractivity contribution in [3.8, 4) is 11.5 Å². The number of carbonyl (C=O) groups is 2. The Hall–Kier alpha value is -1.95. The number of nitrogens with zero attached hydrogens (tertiary/aromatic N) is 1. The Labute approximate surface area is 115 Å². The zero-order valence-corrected chi connectivity index (χ0v) is 11.4. The third kappa shape index (κ3) is 2.19. The second kappa shape index (κ2) is 4.97. The van der Waals surface area contributed by atoms with Crippen LogP contribution in [0.4, 0.5) is 11.4 Å². The van der Waals surface area contributed by atoms with Crippen LogP contribution in [0.1, 0.15) is 0 Å². The third-order valence-corrected chi connectivity index (χ3v) is 3.19. The van der Waals surface area contributed by atoms with E-state index in [0.29, 0.717) is 22.9 Å². The molecule has 1 unspecified atom stereocenters. The second-order valence-electron chi connectivity index (χ2n) is 4.00. The number of anilines is 2. The number of nitrogens with one attached hydrogen (secondary N) is 1. The van der Waals surface area contributed by atoms with Crippen molar-refractivity contribution in [2.75, 3.05) is 31.5 Å². The predicted octanol–water partition coefficient (Wildman–Crippen LogP) is 1.23. The maximum Gasteiger partial charge on any atom is 0.258 e. The first-order valence-corrected chi connectivity index (χ1v) is 5.87. The summed E-state index contributed by atoms with van der Waals surface area (Å²) in [6, 6.07) is 2.23. The maximum absolute atomic E-state index is 12.0. The molecule has 0 aromatic heterocycles. The van der Waals surface area contributed by atoms with Crippen LogP contribution in [0, 0.1) is 0 Å². The van der Waals surface area contributed by atoms with Gasteiger partial charge in [-0.1, -0.05) is 0 Å². The highest BCUT2D eigenvalue weighted by atomic mass is 35.5. The standard InChI is InChI=1S/C12H13ClN2O4/c1-15-7-5-9(19-3)8(18-2)4-6(7)14-10(11(13)16)12(15)17/h4-5,10,14H,1-3H3. The van der Waals surface area contributed by atoms with Crippen molar-refractivity contribution >= 4 is 34.1 Å². The van der Waals surface area contributed by atoms with Crippen LogP contribution in [0.2, 0.25) is 0 Å². The van der Waals surface area contributed by atoms with Crippen LogP contribution in [-0.4, -0.2) is 38.5 Å². The zero-order valence-electron chi connectivity index (χ0n) is 10.7. The first-order chi connectivity index (χ1) is 8.99. The Morgan fingerprint density at radius 3 is 2.42 bits per heavy atom. The van der Waals surface area contributed by atoms with E-state index in [9.17, 15) is 9.59 Å². The molecule has 0 saturated heterocycles. The Morgan fingerprint density at radius 2 is 1.89 bits per heavy atom. The van der Waals surface area contributed by atoms with Crippen LogP contribution < -0.4 is 19.7 Å². The monoisotopic (exact) mass is 284 g/mol. The number of carbonyl (C=O) groups excluding carboxylic acids is 2. The van der Waals surface area contributed by atoms with Crippen molar-refractivity contribution < 1.29 is 19.1 Å². The van der Waals surface area contributed by atoms with E-state index in [-0.39, 0.29) is 0 Å². The average molecular weight is 285 g/mol. The van der Waals surface area contributed by atoms with Gasteiger partial charge in [0.15, 0.2) is 17.5 Å². The second-order valence-corrected chi connectivity index (χ2v) is 4.38. The summed E-state index contributed by atoms with van der Waals surface area (Å²) in [6.45, 7) is 0. The molecule has 1 atom stereocenters. The molecule has 19 heavy (non-hydrogen) atoms. The molecule has 1 aromatic carbocycles. The molecular formula is C12H13ClN2O4. The fourth-order valence-corrected chi connectivity index (χ4v) is 2.09. The van der Waals surface area contributed by atoms with Gasteiger partial charge in [0, 0.05) is 19.2 Å². The highest BCUT2D eigenvalue weighted by Gasteiger charge is 2.35. The molecule has 102 valence electrons. The van der Waals surface area contributed by atoms with Crippen LogP contribution in [0.5, 0.6) is 11.5 Å². The van der Waals surface area contributed by atoms with Gasteiger partial charge >= 0.3 is 0 Å². The van der Waals surface area contributed by atoms with E-state index in [0.717, 1.165) is 0 Å². The fourth-order valence-electron chi connectivity index (χ4n) is 1.94. The first kappa shape index (κ1) is 13.5.